The van der Waals surface area contributed by atoms with Crippen molar-refractivity contribution in [1.29, 1.82) is 0 Å². The molecule has 1 spiro atoms. The summed E-state index contributed by atoms with van der Waals surface area (Å²) in [5, 5.41) is 7.28. The van der Waals surface area contributed by atoms with Crippen LogP contribution in [-0.4, -0.2) is 40.6 Å². The minimum atomic E-state index is -4.54. The number of alkyl halides is 3. The molecule has 6 nitrogen and oxygen atoms in total. The summed E-state index contributed by atoms with van der Waals surface area (Å²) < 4.78 is 43.1. The normalized spacial score (nSPS) is 23.2. The van der Waals surface area contributed by atoms with Gasteiger partial charge in [0.05, 0.1) is 5.56 Å². The number of carbonyl (C=O) groups is 2. The molecule has 0 bridgehead atoms. The van der Waals surface area contributed by atoms with Gasteiger partial charge in [0.25, 0.3) is 5.91 Å². The molecular weight excluding hydrogens is 489 g/mol. The smallest absolute Gasteiger partial charge is 0.326 e. The van der Waals surface area contributed by atoms with E-state index < -0.39 is 17.3 Å². The molecule has 4 aliphatic rings. The highest BCUT2D eigenvalue weighted by atomic mass is 32.2. The first-order valence-electron chi connectivity index (χ1n) is 12.8. The first-order chi connectivity index (χ1) is 17.2. The molecule has 3 fully saturated rings. The highest BCUT2D eigenvalue weighted by Crippen LogP contribution is 2.38. The zero-order valence-corrected chi connectivity index (χ0v) is 20.9. The quantitative estimate of drug-likeness (QED) is 0.478. The molecule has 1 saturated heterocycles. The van der Waals surface area contributed by atoms with Crippen LogP contribution in [0.15, 0.2) is 28.6 Å². The van der Waals surface area contributed by atoms with Crippen molar-refractivity contribution < 1.29 is 22.8 Å². The van der Waals surface area contributed by atoms with E-state index in [1.807, 2.05) is 0 Å². The van der Waals surface area contributed by atoms with Crippen molar-refractivity contribution in [2.45, 2.75) is 69.5 Å². The van der Waals surface area contributed by atoms with Gasteiger partial charge in [0.15, 0.2) is 0 Å². The Labute approximate surface area is 213 Å². The van der Waals surface area contributed by atoms with Crippen LogP contribution in [0.2, 0.25) is 0 Å². The molecule has 2 N–H and O–H groups in total. The van der Waals surface area contributed by atoms with E-state index in [1.165, 1.54) is 49.4 Å². The molecule has 2 heterocycles. The Bertz CT molecular complexity index is 1070. The van der Waals surface area contributed by atoms with Crippen molar-refractivity contribution in [1.82, 2.24) is 9.62 Å². The molecule has 2 aliphatic carbocycles. The lowest BCUT2D eigenvalue weighted by Gasteiger charge is -2.34. The summed E-state index contributed by atoms with van der Waals surface area (Å²) in [6.45, 7) is 1.25. The molecule has 0 atom stereocenters. The van der Waals surface area contributed by atoms with E-state index in [0.29, 0.717) is 31.8 Å². The maximum absolute atomic E-state index is 13.7. The van der Waals surface area contributed by atoms with Gasteiger partial charge in [-0.3, -0.25) is 14.6 Å². The van der Waals surface area contributed by atoms with Crippen LogP contribution in [0.4, 0.5) is 18.9 Å². The van der Waals surface area contributed by atoms with Gasteiger partial charge < -0.3 is 10.6 Å². The molecule has 2 amide bonds. The lowest BCUT2D eigenvalue weighted by Crippen LogP contribution is -2.47. The lowest BCUT2D eigenvalue weighted by atomic mass is 9.88. The third kappa shape index (κ3) is 5.64. The second-order valence-corrected chi connectivity index (χ2v) is 11.2. The largest absolute Gasteiger partial charge is 0.417 e. The zero-order chi connectivity index (χ0) is 25.3. The third-order valence-electron chi connectivity index (χ3n) is 7.57. The van der Waals surface area contributed by atoms with E-state index in [4.69, 9.17) is 4.99 Å². The fourth-order valence-electron chi connectivity index (χ4n) is 5.22. The zero-order valence-electron chi connectivity index (χ0n) is 20.1. The minimum Gasteiger partial charge on any atom is -0.326 e. The average Bonchev–Trinajstić information content (AvgIpc) is 3.66. The number of rotatable bonds is 6. The molecule has 2 aliphatic heterocycles. The van der Waals surface area contributed by atoms with E-state index in [1.54, 1.807) is 5.41 Å². The Hall–Kier alpha value is -2.33. The predicted octanol–water partition coefficient (Wildman–Crippen LogP) is 5.62. The predicted molar refractivity (Wildman–Crippen MR) is 135 cm³/mol. The number of anilines is 1. The maximum Gasteiger partial charge on any atom is 0.417 e. The number of aliphatic imine (C=N–C) groups is 1. The molecular formula is C26H31F3N4O2S. The summed E-state index contributed by atoms with van der Waals surface area (Å²) in [5.74, 6) is 0.896. The number of amidine groups is 1. The number of carbonyl (C=O) groups excluding carboxylic acids is 2. The van der Waals surface area contributed by atoms with Crippen LogP contribution in [-0.2, 0) is 15.8 Å². The van der Waals surface area contributed by atoms with Gasteiger partial charge in [-0.1, -0.05) is 37.3 Å². The summed E-state index contributed by atoms with van der Waals surface area (Å²) >= 11 is 1.35. The van der Waals surface area contributed by atoms with Crippen LogP contribution < -0.4 is 10.6 Å². The number of benzene rings is 1. The van der Waals surface area contributed by atoms with Crippen LogP contribution in [0, 0.1) is 11.8 Å². The second-order valence-electron chi connectivity index (χ2n) is 10.2. The van der Waals surface area contributed by atoms with E-state index in [0.717, 1.165) is 37.6 Å². The molecule has 5 rings (SSSR count). The van der Waals surface area contributed by atoms with Crippen LogP contribution in [0.25, 0.3) is 6.08 Å². The number of hydrogen-bond acceptors (Lipinski definition) is 5. The van der Waals surface area contributed by atoms with Crippen molar-refractivity contribution >= 4 is 41.4 Å². The van der Waals surface area contributed by atoms with Gasteiger partial charge in [-0.25, -0.2) is 4.31 Å². The summed E-state index contributed by atoms with van der Waals surface area (Å²) in [7, 11) is 0. The number of nitrogens with zero attached hydrogens (tertiary/aromatic N) is 2. The molecule has 0 radical (unpaired) electrons. The maximum atomic E-state index is 13.7. The molecule has 1 aromatic rings. The van der Waals surface area contributed by atoms with Gasteiger partial charge in [0.1, 0.15) is 11.4 Å². The summed E-state index contributed by atoms with van der Waals surface area (Å²) in [6.07, 6.45) is 5.43. The Kier molecular flexibility index (Phi) is 7.18. The Balaban J connectivity index is 1.19. The SMILES string of the molecule is O=C(Nc1ccc(/C=C/SN2CCC3(CC2)N=C(C2CCCCC2)NC3=O)c(C(F)(F)F)c1)C1CC1. The molecule has 1 aromatic carbocycles. The van der Waals surface area contributed by atoms with E-state index in [-0.39, 0.29) is 29.0 Å². The molecule has 36 heavy (non-hydrogen) atoms. The Morgan fingerprint density at radius 1 is 1.14 bits per heavy atom. The van der Waals surface area contributed by atoms with Gasteiger partial charge >= 0.3 is 6.18 Å². The number of amides is 2. The molecule has 10 heteroatoms. The van der Waals surface area contributed by atoms with Crippen LogP contribution >= 0.6 is 11.9 Å². The topological polar surface area (TPSA) is 73.8 Å². The number of piperidine rings is 1. The van der Waals surface area contributed by atoms with Crippen molar-refractivity contribution in [2.75, 3.05) is 18.4 Å². The number of halogens is 3. The van der Waals surface area contributed by atoms with Gasteiger partial charge in [-0.2, -0.15) is 13.2 Å². The van der Waals surface area contributed by atoms with Crippen molar-refractivity contribution in [3.8, 4) is 0 Å². The lowest BCUT2D eigenvalue weighted by molar-refractivity contribution is -0.137. The van der Waals surface area contributed by atoms with Crippen molar-refractivity contribution in [3.63, 3.8) is 0 Å². The summed E-state index contributed by atoms with van der Waals surface area (Å²) in [4.78, 5) is 29.6. The van der Waals surface area contributed by atoms with Crippen molar-refractivity contribution in [2.24, 2.45) is 16.8 Å². The Morgan fingerprint density at radius 2 is 1.86 bits per heavy atom. The monoisotopic (exact) mass is 520 g/mol. The number of nitrogens with one attached hydrogen (secondary N) is 2. The molecule has 194 valence electrons. The second kappa shape index (κ2) is 10.2. The van der Waals surface area contributed by atoms with Crippen LogP contribution in [0.5, 0.6) is 0 Å². The van der Waals surface area contributed by atoms with E-state index in [9.17, 15) is 22.8 Å². The summed E-state index contributed by atoms with van der Waals surface area (Å²) in [6, 6.07) is 3.89. The van der Waals surface area contributed by atoms with Crippen LogP contribution in [0.3, 0.4) is 0 Å². The van der Waals surface area contributed by atoms with Gasteiger partial charge in [-0.05, 0) is 67.7 Å². The van der Waals surface area contributed by atoms with Crippen LogP contribution in [0.1, 0.15) is 68.9 Å². The molecule has 0 aromatic heterocycles. The first-order valence-corrected chi connectivity index (χ1v) is 13.6. The van der Waals surface area contributed by atoms with E-state index in [2.05, 4.69) is 14.9 Å². The highest BCUT2D eigenvalue weighted by molar-refractivity contribution is 8.00. The fourth-order valence-corrected chi connectivity index (χ4v) is 5.99. The molecule has 0 unspecified atom stereocenters. The highest BCUT2D eigenvalue weighted by Gasteiger charge is 2.47. The standard InChI is InChI=1S/C26H31F3N4O2S/c27-26(28,29)21-16-20(30-23(34)19-6-7-19)9-8-17(21)10-15-36-33-13-11-25(12-14-33)24(35)31-22(32-25)18-4-2-1-3-5-18/h8-10,15-16,18-19H,1-7,11-14H2,(H,30,34)(H,31,32,35)/b15-10+. The fraction of sp³-hybridized carbons (Fsp3) is 0.577. The first kappa shape index (κ1) is 25.3. The summed E-state index contributed by atoms with van der Waals surface area (Å²) in [5.41, 5.74) is -1.27. The van der Waals surface area contributed by atoms with Crippen molar-refractivity contribution in [3.05, 3.63) is 34.7 Å². The van der Waals surface area contributed by atoms with Gasteiger partial charge in [-0.15, -0.1) is 0 Å². The van der Waals surface area contributed by atoms with E-state index >= 15 is 0 Å². The Morgan fingerprint density at radius 3 is 2.53 bits per heavy atom. The van der Waals surface area contributed by atoms with Gasteiger partial charge in [0.2, 0.25) is 5.91 Å². The third-order valence-corrected chi connectivity index (χ3v) is 8.49. The number of hydrogen-bond donors (Lipinski definition) is 2. The van der Waals surface area contributed by atoms with Gasteiger partial charge in [0, 0.05) is 30.6 Å². The average molecular weight is 521 g/mol. The minimum absolute atomic E-state index is 0.00745. The molecule has 2 saturated carbocycles.